The lowest BCUT2D eigenvalue weighted by Gasteiger charge is -2.44. The number of hydrogen-bond donors (Lipinski definition) is 1. The normalized spacial score (nSPS) is 17.7. The van der Waals surface area contributed by atoms with Crippen molar-refractivity contribution in [1.29, 1.82) is 0 Å². The summed E-state index contributed by atoms with van der Waals surface area (Å²) in [5, 5.41) is 3.57. The van der Waals surface area contributed by atoms with Crippen LogP contribution in [0.4, 0.5) is 0 Å². The molecular formula is C33H42N6O2. The van der Waals surface area contributed by atoms with Gasteiger partial charge in [0.15, 0.2) is 11.2 Å². The van der Waals surface area contributed by atoms with Crippen molar-refractivity contribution in [2.75, 3.05) is 19.6 Å². The molecule has 0 unspecified atom stereocenters. The van der Waals surface area contributed by atoms with E-state index in [0.717, 1.165) is 61.1 Å². The predicted molar refractivity (Wildman–Crippen MR) is 165 cm³/mol. The number of hydrogen-bond acceptors (Lipinski definition) is 6. The highest BCUT2D eigenvalue weighted by Gasteiger charge is 2.37. The third-order valence-corrected chi connectivity index (χ3v) is 8.57. The van der Waals surface area contributed by atoms with Gasteiger partial charge in [-0.3, -0.25) is 18.8 Å². The summed E-state index contributed by atoms with van der Waals surface area (Å²) in [5.74, 6) is 7.14. The van der Waals surface area contributed by atoms with Gasteiger partial charge in [-0.1, -0.05) is 75.3 Å². The van der Waals surface area contributed by atoms with Crippen LogP contribution in [0.5, 0.6) is 0 Å². The van der Waals surface area contributed by atoms with Crippen LogP contribution in [0.2, 0.25) is 0 Å². The summed E-state index contributed by atoms with van der Waals surface area (Å²) in [6.07, 6.45) is 13.5. The number of nitrogens with zero attached hydrogens (tertiary/aromatic N) is 5. The molecule has 5 rings (SSSR count). The summed E-state index contributed by atoms with van der Waals surface area (Å²) >= 11 is 0. The zero-order valence-electron chi connectivity index (χ0n) is 24.7. The van der Waals surface area contributed by atoms with Crippen LogP contribution in [-0.4, -0.2) is 49.2 Å². The van der Waals surface area contributed by atoms with E-state index in [0.29, 0.717) is 11.4 Å². The Labute approximate surface area is 242 Å². The lowest BCUT2D eigenvalue weighted by Crippen LogP contribution is -2.51. The molecule has 0 amide bonds. The van der Waals surface area contributed by atoms with E-state index < -0.39 is 11.2 Å². The number of aryl methyl sites for hydroxylation is 1. The number of likely N-dealkylation sites (tertiary alicyclic amines) is 1. The van der Waals surface area contributed by atoms with Crippen LogP contribution in [0, 0.1) is 11.8 Å². The molecule has 1 aromatic carbocycles. The maximum absolute atomic E-state index is 13.2. The summed E-state index contributed by atoms with van der Waals surface area (Å²) in [6, 6.07) is 10.1. The molecule has 3 aromatic rings. The molecule has 2 fully saturated rings. The third kappa shape index (κ3) is 6.15. The molecule has 1 N–H and O–H groups in total. The Morgan fingerprint density at radius 1 is 0.976 bits per heavy atom. The fourth-order valence-corrected chi connectivity index (χ4v) is 6.12. The smallest absolute Gasteiger partial charge is 0.332 e. The van der Waals surface area contributed by atoms with Crippen molar-refractivity contribution in [3.8, 4) is 11.8 Å². The lowest BCUT2D eigenvalue weighted by atomic mass is 9.79. The van der Waals surface area contributed by atoms with Crippen molar-refractivity contribution in [3.05, 3.63) is 68.1 Å². The number of unbranched alkanes of at least 4 members (excludes halogenated alkanes) is 1. The van der Waals surface area contributed by atoms with Crippen LogP contribution in [0.1, 0.15) is 88.1 Å². The first-order chi connectivity index (χ1) is 19.9. The van der Waals surface area contributed by atoms with E-state index in [2.05, 4.69) is 41.1 Å². The van der Waals surface area contributed by atoms with Crippen LogP contribution >= 0.6 is 0 Å². The minimum Gasteiger partial charge on any atom is -0.384 e. The quantitative estimate of drug-likeness (QED) is 0.343. The maximum atomic E-state index is 13.2. The summed E-state index contributed by atoms with van der Waals surface area (Å²) in [7, 11) is 3.10. The van der Waals surface area contributed by atoms with Crippen LogP contribution in [0.15, 0.2) is 39.9 Å². The van der Waals surface area contributed by atoms with Crippen molar-refractivity contribution in [2.24, 2.45) is 14.1 Å². The van der Waals surface area contributed by atoms with E-state index >= 15 is 0 Å². The Kier molecular flexibility index (Phi) is 9.04. The highest BCUT2D eigenvalue weighted by molar-refractivity contribution is 5.82. The van der Waals surface area contributed by atoms with E-state index in [1.54, 1.807) is 7.05 Å². The molecule has 0 bridgehead atoms. The van der Waals surface area contributed by atoms with Gasteiger partial charge in [-0.25, -0.2) is 14.8 Å². The SMILES string of the molecule is CCCCN/C(=C\c1nc2c(nc1C#CC1(N3CCCCC3)CCCCC1)c(=O)n(C)c(=O)n2C)c1ccccc1. The first-order valence-corrected chi connectivity index (χ1v) is 15.2. The van der Waals surface area contributed by atoms with Gasteiger partial charge in [0.25, 0.3) is 5.56 Å². The molecule has 1 saturated heterocycles. The van der Waals surface area contributed by atoms with Gasteiger partial charge in [-0.05, 0) is 62.8 Å². The van der Waals surface area contributed by atoms with Crippen molar-refractivity contribution in [1.82, 2.24) is 29.3 Å². The molecule has 0 atom stereocenters. The van der Waals surface area contributed by atoms with Gasteiger partial charge in [-0.15, -0.1) is 0 Å². The highest BCUT2D eigenvalue weighted by atomic mass is 16.2. The summed E-state index contributed by atoms with van der Waals surface area (Å²) in [4.78, 5) is 38.2. The molecule has 1 saturated carbocycles. The Morgan fingerprint density at radius 3 is 2.39 bits per heavy atom. The van der Waals surface area contributed by atoms with E-state index in [9.17, 15) is 9.59 Å². The monoisotopic (exact) mass is 554 g/mol. The topological polar surface area (TPSA) is 85.1 Å². The maximum Gasteiger partial charge on any atom is 0.332 e. The molecule has 2 aliphatic rings. The average molecular weight is 555 g/mol. The predicted octanol–water partition coefficient (Wildman–Crippen LogP) is 4.46. The van der Waals surface area contributed by atoms with Crippen molar-refractivity contribution >= 4 is 22.9 Å². The van der Waals surface area contributed by atoms with Gasteiger partial charge < -0.3 is 5.32 Å². The second kappa shape index (κ2) is 12.9. The van der Waals surface area contributed by atoms with E-state index in [1.807, 2.05) is 24.3 Å². The van der Waals surface area contributed by atoms with Crippen LogP contribution in [0.25, 0.3) is 22.9 Å². The second-order valence-electron chi connectivity index (χ2n) is 11.4. The first-order valence-electron chi connectivity index (χ1n) is 15.2. The molecule has 0 spiro atoms. The molecule has 1 aliphatic heterocycles. The van der Waals surface area contributed by atoms with Gasteiger partial charge in [0.2, 0.25) is 0 Å². The molecule has 2 aromatic heterocycles. The molecule has 1 aliphatic carbocycles. The van der Waals surface area contributed by atoms with Gasteiger partial charge in [0.05, 0.1) is 5.54 Å². The van der Waals surface area contributed by atoms with Crippen LogP contribution in [-0.2, 0) is 14.1 Å². The summed E-state index contributed by atoms with van der Waals surface area (Å²) in [6.45, 7) is 5.14. The van der Waals surface area contributed by atoms with Crippen molar-refractivity contribution in [3.63, 3.8) is 0 Å². The largest absolute Gasteiger partial charge is 0.384 e. The van der Waals surface area contributed by atoms with Crippen LogP contribution in [0.3, 0.4) is 0 Å². The Bertz CT molecular complexity index is 1580. The number of rotatable bonds is 7. The fourth-order valence-electron chi connectivity index (χ4n) is 6.12. The Morgan fingerprint density at radius 2 is 1.68 bits per heavy atom. The van der Waals surface area contributed by atoms with E-state index in [1.165, 1.54) is 50.1 Å². The molecule has 41 heavy (non-hydrogen) atoms. The van der Waals surface area contributed by atoms with Gasteiger partial charge in [0.1, 0.15) is 11.4 Å². The number of aromatic nitrogens is 4. The number of nitrogens with one attached hydrogen (secondary N) is 1. The number of benzene rings is 1. The standard InChI is InChI=1S/C33H42N6O2/c1-4-5-21-34-27(25-15-9-6-10-16-25)24-28-26(35-29-30(36-28)37(2)32(41)38(3)31(29)40)17-20-33(18-11-7-12-19-33)39-22-13-8-14-23-39/h6,9-10,15-16,24,34H,4-5,7-8,11-14,18-19,21-23H2,1-3H3/b27-24-. The average Bonchev–Trinajstić information content (AvgIpc) is 3.02. The first kappa shape index (κ1) is 28.8. The summed E-state index contributed by atoms with van der Waals surface area (Å²) < 4.78 is 2.48. The van der Waals surface area contributed by atoms with E-state index in [-0.39, 0.29) is 16.7 Å². The Balaban J connectivity index is 1.71. The van der Waals surface area contributed by atoms with Crippen molar-refractivity contribution in [2.45, 2.75) is 76.7 Å². The van der Waals surface area contributed by atoms with E-state index in [4.69, 9.17) is 9.97 Å². The number of piperidine rings is 1. The minimum atomic E-state index is -0.457. The van der Waals surface area contributed by atoms with Gasteiger partial charge >= 0.3 is 5.69 Å². The number of fused-ring (bicyclic) bond motifs is 1. The van der Waals surface area contributed by atoms with Gasteiger partial charge in [-0.2, -0.15) is 0 Å². The van der Waals surface area contributed by atoms with Gasteiger partial charge in [0, 0.05) is 26.3 Å². The Hall–Kier alpha value is -3.70. The molecule has 3 heterocycles. The molecule has 8 nitrogen and oxygen atoms in total. The minimum absolute atomic E-state index is 0.159. The zero-order chi connectivity index (χ0) is 28.8. The zero-order valence-corrected chi connectivity index (χ0v) is 24.7. The molecule has 8 heteroatoms. The lowest BCUT2D eigenvalue weighted by molar-refractivity contribution is 0.0792. The highest BCUT2D eigenvalue weighted by Crippen LogP contribution is 2.35. The summed E-state index contributed by atoms with van der Waals surface area (Å²) in [5.41, 5.74) is 2.33. The second-order valence-corrected chi connectivity index (χ2v) is 11.4. The third-order valence-electron chi connectivity index (χ3n) is 8.57. The molecule has 0 radical (unpaired) electrons. The van der Waals surface area contributed by atoms with Crippen LogP contribution < -0.4 is 16.6 Å². The molecular weight excluding hydrogens is 512 g/mol. The molecule has 216 valence electrons. The fraction of sp³-hybridized carbons (Fsp3) is 0.515. The van der Waals surface area contributed by atoms with Crippen molar-refractivity contribution < 1.29 is 0 Å².